The van der Waals surface area contributed by atoms with Crippen LogP contribution >= 0.6 is 15.9 Å². The van der Waals surface area contributed by atoms with Gasteiger partial charge in [-0.15, -0.1) is 0 Å². The first-order valence-corrected chi connectivity index (χ1v) is 10.3. The minimum Gasteiger partial charge on any atom is -0.322 e. The minimum atomic E-state index is -0.138. The maximum absolute atomic E-state index is 13.3. The average Bonchev–Trinajstić information content (AvgIpc) is 2.71. The van der Waals surface area contributed by atoms with Crippen LogP contribution in [0, 0.1) is 20.8 Å². The summed E-state index contributed by atoms with van der Waals surface area (Å²) in [5.41, 5.74) is 7.28. The highest BCUT2D eigenvalue weighted by atomic mass is 79.9. The topological polar surface area (TPSA) is 42.0 Å². The summed E-state index contributed by atoms with van der Waals surface area (Å²) in [7, 11) is 0. The van der Waals surface area contributed by atoms with Crippen LogP contribution in [0.5, 0.6) is 0 Å². The fraction of sp³-hybridized carbons (Fsp3) is 0.120. The van der Waals surface area contributed by atoms with Gasteiger partial charge < -0.3 is 5.32 Å². The highest BCUT2D eigenvalue weighted by molar-refractivity contribution is 9.10. The summed E-state index contributed by atoms with van der Waals surface area (Å²) in [5.74, 6) is -0.138. The van der Waals surface area contributed by atoms with E-state index in [2.05, 4.69) is 21.2 Å². The lowest BCUT2D eigenvalue weighted by atomic mass is 10.0. The summed E-state index contributed by atoms with van der Waals surface area (Å²) >= 11 is 3.56. The molecule has 1 amide bonds. The number of halogens is 1. The summed E-state index contributed by atoms with van der Waals surface area (Å²) in [4.78, 5) is 18.2. The van der Waals surface area contributed by atoms with Crippen molar-refractivity contribution in [2.24, 2.45) is 0 Å². The summed E-state index contributed by atoms with van der Waals surface area (Å²) in [6.45, 7) is 6.08. The van der Waals surface area contributed by atoms with Crippen molar-refractivity contribution in [1.29, 1.82) is 0 Å². The quantitative estimate of drug-likeness (QED) is 0.375. The third kappa shape index (κ3) is 3.81. The second-order valence-corrected chi connectivity index (χ2v) is 8.16. The van der Waals surface area contributed by atoms with Crippen molar-refractivity contribution < 1.29 is 4.79 Å². The van der Waals surface area contributed by atoms with E-state index < -0.39 is 0 Å². The molecule has 0 saturated heterocycles. The van der Waals surface area contributed by atoms with E-state index in [0.717, 1.165) is 49.0 Å². The number of fused-ring (bicyclic) bond motifs is 1. The molecule has 0 spiro atoms. The van der Waals surface area contributed by atoms with Gasteiger partial charge in [-0.2, -0.15) is 0 Å². The molecule has 1 heterocycles. The van der Waals surface area contributed by atoms with E-state index >= 15 is 0 Å². The highest BCUT2D eigenvalue weighted by Crippen LogP contribution is 2.30. The smallest absolute Gasteiger partial charge is 0.256 e. The van der Waals surface area contributed by atoms with Gasteiger partial charge in [0.15, 0.2) is 0 Å². The molecule has 0 bridgehead atoms. The summed E-state index contributed by atoms with van der Waals surface area (Å²) in [5, 5.41) is 3.93. The Labute approximate surface area is 178 Å². The maximum atomic E-state index is 13.3. The van der Waals surface area contributed by atoms with Crippen molar-refractivity contribution in [1.82, 2.24) is 4.98 Å². The van der Waals surface area contributed by atoms with E-state index in [1.54, 1.807) is 0 Å². The van der Waals surface area contributed by atoms with E-state index in [4.69, 9.17) is 4.98 Å². The molecule has 0 aliphatic heterocycles. The van der Waals surface area contributed by atoms with Crippen LogP contribution in [-0.2, 0) is 0 Å². The van der Waals surface area contributed by atoms with Gasteiger partial charge in [-0.3, -0.25) is 4.79 Å². The lowest BCUT2D eigenvalue weighted by Crippen LogP contribution is -2.14. The number of benzene rings is 3. The molecular formula is C25H21BrN2O. The van der Waals surface area contributed by atoms with Crippen molar-refractivity contribution in [2.75, 3.05) is 5.32 Å². The molecular weight excluding hydrogens is 424 g/mol. The standard InChI is InChI=1S/C25H21BrN2O/c1-15-8-7-11-22(17(15)3)28-25(29)21-14-23(18-9-5-4-6-10-18)27-24-16(2)12-19(26)13-20(21)24/h4-14H,1-3H3,(H,28,29). The number of aromatic nitrogens is 1. The Morgan fingerprint density at radius 2 is 1.66 bits per heavy atom. The fourth-order valence-electron chi connectivity index (χ4n) is 3.48. The van der Waals surface area contributed by atoms with E-state index in [9.17, 15) is 4.79 Å². The number of hydrogen-bond acceptors (Lipinski definition) is 2. The molecule has 3 aromatic carbocycles. The molecule has 29 heavy (non-hydrogen) atoms. The molecule has 0 aliphatic rings. The predicted molar refractivity (Wildman–Crippen MR) is 123 cm³/mol. The van der Waals surface area contributed by atoms with Gasteiger partial charge in [0, 0.05) is 21.1 Å². The molecule has 144 valence electrons. The lowest BCUT2D eigenvalue weighted by molar-refractivity contribution is 0.102. The van der Waals surface area contributed by atoms with Crippen LogP contribution in [0.2, 0.25) is 0 Å². The van der Waals surface area contributed by atoms with Crippen LogP contribution in [0.4, 0.5) is 5.69 Å². The first-order chi connectivity index (χ1) is 13.9. The minimum absolute atomic E-state index is 0.138. The molecule has 0 saturated carbocycles. The Bertz CT molecular complexity index is 1230. The average molecular weight is 445 g/mol. The van der Waals surface area contributed by atoms with Crippen molar-refractivity contribution >= 4 is 38.4 Å². The van der Waals surface area contributed by atoms with Gasteiger partial charge in [-0.25, -0.2) is 4.98 Å². The number of nitrogens with one attached hydrogen (secondary N) is 1. The van der Waals surface area contributed by atoms with Gasteiger partial charge in [0.25, 0.3) is 5.91 Å². The van der Waals surface area contributed by atoms with Crippen LogP contribution in [0.3, 0.4) is 0 Å². The van der Waals surface area contributed by atoms with Gasteiger partial charge in [0.05, 0.1) is 16.8 Å². The van der Waals surface area contributed by atoms with E-state index in [0.29, 0.717) is 5.56 Å². The first kappa shape index (κ1) is 19.3. The Balaban J connectivity index is 1.89. The third-order valence-corrected chi connectivity index (χ3v) is 5.69. The van der Waals surface area contributed by atoms with Crippen LogP contribution in [0.15, 0.2) is 71.2 Å². The SMILES string of the molecule is Cc1cccc(NC(=O)c2cc(-c3ccccc3)nc3c(C)cc(Br)cc23)c1C. The van der Waals surface area contributed by atoms with Gasteiger partial charge in [-0.05, 0) is 61.7 Å². The molecule has 4 rings (SSSR count). The number of carbonyl (C=O) groups is 1. The zero-order chi connectivity index (χ0) is 20.5. The van der Waals surface area contributed by atoms with Gasteiger partial charge >= 0.3 is 0 Å². The molecule has 0 atom stereocenters. The van der Waals surface area contributed by atoms with Crippen molar-refractivity contribution in [3.05, 3.63) is 93.5 Å². The molecule has 0 fully saturated rings. The van der Waals surface area contributed by atoms with Crippen LogP contribution in [-0.4, -0.2) is 10.9 Å². The zero-order valence-corrected chi connectivity index (χ0v) is 18.2. The number of amides is 1. The molecule has 0 aliphatic carbocycles. The van der Waals surface area contributed by atoms with Crippen molar-refractivity contribution in [3.8, 4) is 11.3 Å². The molecule has 1 N–H and O–H groups in total. The molecule has 0 radical (unpaired) electrons. The number of nitrogens with zero attached hydrogens (tertiary/aromatic N) is 1. The number of anilines is 1. The molecule has 1 aromatic heterocycles. The molecule has 4 aromatic rings. The first-order valence-electron chi connectivity index (χ1n) is 9.48. The van der Waals surface area contributed by atoms with Gasteiger partial charge in [0.2, 0.25) is 0 Å². The maximum Gasteiger partial charge on any atom is 0.256 e. The lowest BCUT2D eigenvalue weighted by Gasteiger charge is -2.14. The largest absolute Gasteiger partial charge is 0.322 e. The van der Waals surface area contributed by atoms with Gasteiger partial charge in [-0.1, -0.05) is 58.4 Å². The number of rotatable bonds is 3. The highest BCUT2D eigenvalue weighted by Gasteiger charge is 2.17. The van der Waals surface area contributed by atoms with E-state index in [1.165, 1.54) is 0 Å². The van der Waals surface area contributed by atoms with Crippen LogP contribution in [0.25, 0.3) is 22.2 Å². The van der Waals surface area contributed by atoms with Crippen molar-refractivity contribution in [3.63, 3.8) is 0 Å². The second-order valence-electron chi connectivity index (χ2n) is 7.24. The van der Waals surface area contributed by atoms with E-state index in [-0.39, 0.29) is 5.91 Å². The predicted octanol–water partition coefficient (Wildman–Crippen LogP) is 6.84. The summed E-state index contributed by atoms with van der Waals surface area (Å²) in [6, 6.07) is 21.7. The Hall–Kier alpha value is -2.98. The Kier molecular flexibility index (Phi) is 5.20. The van der Waals surface area contributed by atoms with E-state index in [1.807, 2.05) is 87.5 Å². The molecule has 3 nitrogen and oxygen atoms in total. The number of carbonyl (C=O) groups excluding carboxylic acids is 1. The Morgan fingerprint density at radius 3 is 2.41 bits per heavy atom. The normalized spacial score (nSPS) is 10.9. The molecule has 4 heteroatoms. The zero-order valence-electron chi connectivity index (χ0n) is 16.6. The summed E-state index contributed by atoms with van der Waals surface area (Å²) < 4.78 is 0.928. The monoisotopic (exact) mass is 444 g/mol. The number of pyridine rings is 1. The van der Waals surface area contributed by atoms with Crippen LogP contribution in [0.1, 0.15) is 27.0 Å². The Morgan fingerprint density at radius 1 is 0.897 bits per heavy atom. The number of aryl methyl sites for hydroxylation is 2. The fourth-order valence-corrected chi connectivity index (χ4v) is 4.05. The third-order valence-electron chi connectivity index (χ3n) is 5.24. The molecule has 0 unspecified atom stereocenters. The summed E-state index contributed by atoms with van der Waals surface area (Å²) in [6.07, 6.45) is 0. The van der Waals surface area contributed by atoms with Crippen LogP contribution < -0.4 is 5.32 Å². The number of hydrogen-bond donors (Lipinski definition) is 1. The second kappa shape index (κ2) is 7.80. The van der Waals surface area contributed by atoms with Gasteiger partial charge in [0.1, 0.15) is 0 Å². The van der Waals surface area contributed by atoms with Crippen molar-refractivity contribution in [2.45, 2.75) is 20.8 Å².